The third-order valence-corrected chi connectivity index (χ3v) is 4.75. The van der Waals surface area contributed by atoms with E-state index in [1.807, 2.05) is 63.4 Å². The normalized spacial score (nSPS) is 11.8. The molecular formula is C25H39N5O5. The summed E-state index contributed by atoms with van der Waals surface area (Å²) in [5.74, 6) is 2.89. The van der Waals surface area contributed by atoms with E-state index in [1.54, 1.807) is 0 Å². The fourth-order valence-corrected chi connectivity index (χ4v) is 3.31. The van der Waals surface area contributed by atoms with Crippen LogP contribution in [0.3, 0.4) is 0 Å². The van der Waals surface area contributed by atoms with Gasteiger partial charge in [-0.25, -0.2) is 0 Å². The van der Waals surface area contributed by atoms with E-state index >= 15 is 0 Å². The maximum Gasteiger partial charge on any atom is 0.274 e. The first-order valence-electron chi connectivity index (χ1n) is 11.8. The Balaban J connectivity index is 1.61. The van der Waals surface area contributed by atoms with Crippen LogP contribution in [0.2, 0.25) is 0 Å². The van der Waals surface area contributed by atoms with Crippen LogP contribution in [0.25, 0.3) is 0 Å². The Hall–Kier alpha value is -3.08. The summed E-state index contributed by atoms with van der Waals surface area (Å²) in [6.45, 7) is 4.13. The van der Waals surface area contributed by atoms with Crippen LogP contribution in [0.15, 0.2) is 52.8 Å². The number of nitro groups is 1. The van der Waals surface area contributed by atoms with E-state index in [-0.39, 0.29) is 0 Å². The van der Waals surface area contributed by atoms with E-state index in [1.165, 1.54) is 5.56 Å². The average molecular weight is 490 g/mol. The third-order valence-electron chi connectivity index (χ3n) is 4.75. The maximum absolute atomic E-state index is 10.9. The Morgan fingerprint density at radius 3 is 2.37 bits per heavy atom. The first-order chi connectivity index (χ1) is 16.8. The van der Waals surface area contributed by atoms with Crippen molar-refractivity contribution in [2.75, 3.05) is 54.5 Å². The molecule has 0 spiro atoms. The molecule has 1 heterocycles. The second-order valence-corrected chi connectivity index (χ2v) is 8.78. The van der Waals surface area contributed by atoms with Crippen LogP contribution < -0.4 is 15.4 Å². The van der Waals surface area contributed by atoms with Crippen molar-refractivity contribution in [3.8, 4) is 5.75 Å². The zero-order valence-corrected chi connectivity index (χ0v) is 21.3. The van der Waals surface area contributed by atoms with Crippen LogP contribution in [-0.2, 0) is 24.4 Å². The van der Waals surface area contributed by atoms with Gasteiger partial charge >= 0.3 is 0 Å². The Bertz CT molecular complexity index is 913. The lowest BCUT2D eigenvalue weighted by Gasteiger charge is -2.13. The van der Waals surface area contributed by atoms with Crippen LogP contribution >= 0.6 is 0 Å². The lowest BCUT2D eigenvalue weighted by Crippen LogP contribution is -2.30. The van der Waals surface area contributed by atoms with Gasteiger partial charge in [-0.05, 0) is 70.9 Å². The standard InChI is InChI=1S/C25H39N5O5/c1-28(2)17-21-8-5-9-22(16-21)34-15-7-13-27-25(19-30(31)32)26-12-6-14-33-20-24-11-10-23(35-24)18-29(3)4/h5,8-11,16,19,26-27H,6-7,12-15,17-18,20H2,1-4H3/b25-19-. The molecule has 10 nitrogen and oxygen atoms in total. The summed E-state index contributed by atoms with van der Waals surface area (Å²) in [5.41, 5.74) is 1.19. The lowest BCUT2D eigenvalue weighted by molar-refractivity contribution is -0.404. The number of nitrogens with zero attached hydrogens (tertiary/aromatic N) is 3. The molecule has 0 fully saturated rings. The van der Waals surface area contributed by atoms with Crippen LogP contribution in [0.5, 0.6) is 5.75 Å². The third kappa shape index (κ3) is 12.8. The van der Waals surface area contributed by atoms with Crippen molar-refractivity contribution < 1.29 is 18.8 Å². The fraction of sp³-hybridized carbons (Fsp3) is 0.520. The predicted molar refractivity (Wildman–Crippen MR) is 135 cm³/mol. The highest BCUT2D eigenvalue weighted by Crippen LogP contribution is 2.14. The van der Waals surface area contributed by atoms with E-state index in [0.717, 1.165) is 36.6 Å². The van der Waals surface area contributed by atoms with Crippen molar-refractivity contribution in [3.63, 3.8) is 0 Å². The first kappa shape index (κ1) is 28.2. The first-order valence-corrected chi connectivity index (χ1v) is 11.8. The summed E-state index contributed by atoms with van der Waals surface area (Å²) < 4.78 is 17.2. The van der Waals surface area contributed by atoms with Gasteiger partial charge in [0.15, 0.2) is 5.82 Å². The number of hydrogen-bond donors (Lipinski definition) is 2. The summed E-state index contributed by atoms with van der Waals surface area (Å²) in [6, 6.07) is 11.9. The molecule has 35 heavy (non-hydrogen) atoms. The van der Waals surface area contributed by atoms with Crippen molar-refractivity contribution >= 4 is 0 Å². The summed E-state index contributed by atoms with van der Waals surface area (Å²) >= 11 is 0. The topological polar surface area (TPSA) is 105 Å². The maximum atomic E-state index is 10.9. The molecular weight excluding hydrogens is 450 g/mol. The van der Waals surface area contributed by atoms with Gasteiger partial charge in [0.25, 0.3) is 6.20 Å². The van der Waals surface area contributed by atoms with Gasteiger partial charge in [0.2, 0.25) is 0 Å². The van der Waals surface area contributed by atoms with Crippen LogP contribution in [0.4, 0.5) is 0 Å². The molecule has 0 unspecified atom stereocenters. The van der Waals surface area contributed by atoms with Gasteiger partial charge in [-0.2, -0.15) is 0 Å². The Morgan fingerprint density at radius 2 is 1.69 bits per heavy atom. The van der Waals surface area contributed by atoms with E-state index < -0.39 is 4.92 Å². The van der Waals surface area contributed by atoms with Crippen molar-refractivity contribution in [2.24, 2.45) is 0 Å². The van der Waals surface area contributed by atoms with Gasteiger partial charge in [0.1, 0.15) is 23.9 Å². The number of rotatable bonds is 18. The Labute approximate surface area is 208 Å². The van der Waals surface area contributed by atoms with Gasteiger partial charge < -0.3 is 34.3 Å². The van der Waals surface area contributed by atoms with E-state index in [9.17, 15) is 10.1 Å². The molecule has 0 saturated heterocycles. The fourth-order valence-electron chi connectivity index (χ4n) is 3.31. The second kappa shape index (κ2) is 15.8. The quantitative estimate of drug-likeness (QED) is 0.186. The summed E-state index contributed by atoms with van der Waals surface area (Å²) in [5, 5.41) is 17.1. The molecule has 2 aromatic rings. The van der Waals surface area contributed by atoms with Gasteiger partial charge in [-0.3, -0.25) is 10.1 Å². The molecule has 2 N–H and O–H groups in total. The molecule has 2 rings (SSSR count). The van der Waals surface area contributed by atoms with E-state index in [4.69, 9.17) is 13.9 Å². The average Bonchev–Trinajstić information content (AvgIpc) is 3.21. The van der Waals surface area contributed by atoms with Crippen LogP contribution in [0.1, 0.15) is 29.9 Å². The molecule has 0 amide bonds. The van der Waals surface area contributed by atoms with E-state index in [2.05, 4.69) is 21.6 Å². The molecule has 10 heteroatoms. The van der Waals surface area contributed by atoms with Crippen LogP contribution in [-0.4, -0.2) is 69.2 Å². The molecule has 0 aliphatic rings. The minimum absolute atomic E-state index is 0.377. The number of nitrogens with one attached hydrogen (secondary N) is 2. The molecule has 194 valence electrons. The van der Waals surface area contributed by atoms with Crippen molar-refractivity contribution in [1.29, 1.82) is 0 Å². The highest BCUT2D eigenvalue weighted by Gasteiger charge is 2.05. The van der Waals surface area contributed by atoms with Crippen molar-refractivity contribution in [3.05, 3.63) is 75.6 Å². The molecule has 0 aliphatic carbocycles. The Kier molecular flexibility index (Phi) is 12.7. The number of hydrogen-bond acceptors (Lipinski definition) is 9. The summed E-state index contributed by atoms with van der Waals surface area (Å²) in [4.78, 5) is 14.6. The van der Waals surface area contributed by atoms with Gasteiger partial charge in [-0.1, -0.05) is 12.1 Å². The molecule has 1 aromatic carbocycles. The number of furan rings is 1. The molecule has 1 aromatic heterocycles. The van der Waals surface area contributed by atoms with Gasteiger partial charge in [0, 0.05) is 26.2 Å². The monoisotopic (exact) mass is 489 g/mol. The number of benzene rings is 1. The van der Waals surface area contributed by atoms with Gasteiger partial charge in [-0.15, -0.1) is 0 Å². The summed E-state index contributed by atoms with van der Waals surface area (Å²) in [7, 11) is 8.03. The smallest absolute Gasteiger partial charge is 0.274 e. The molecule has 0 radical (unpaired) electrons. The zero-order valence-electron chi connectivity index (χ0n) is 21.3. The SMILES string of the molecule is CN(C)Cc1cccc(OCCCN/C(=C\[N+](=O)[O-])NCCCOCc2ccc(CN(C)C)o2)c1. The van der Waals surface area contributed by atoms with Crippen molar-refractivity contribution in [1.82, 2.24) is 20.4 Å². The van der Waals surface area contributed by atoms with E-state index in [0.29, 0.717) is 51.6 Å². The molecule has 0 bridgehead atoms. The number of ether oxygens (including phenoxy) is 2. The van der Waals surface area contributed by atoms with Crippen LogP contribution in [0, 0.1) is 10.1 Å². The van der Waals surface area contributed by atoms with Crippen molar-refractivity contribution in [2.45, 2.75) is 32.5 Å². The predicted octanol–water partition coefficient (Wildman–Crippen LogP) is 3.03. The molecule has 0 atom stereocenters. The zero-order chi connectivity index (χ0) is 25.5. The highest BCUT2D eigenvalue weighted by atomic mass is 16.6. The lowest BCUT2D eigenvalue weighted by atomic mass is 10.2. The largest absolute Gasteiger partial charge is 0.494 e. The van der Waals surface area contributed by atoms with Gasteiger partial charge in [0.05, 0.1) is 18.1 Å². The highest BCUT2D eigenvalue weighted by molar-refractivity contribution is 5.28. The minimum Gasteiger partial charge on any atom is -0.494 e. The summed E-state index contributed by atoms with van der Waals surface area (Å²) in [6.07, 6.45) is 2.35. The Morgan fingerprint density at radius 1 is 1.00 bits per heavy atom. The molecule has 0 aliphatic heterocycles. The minimum atomic E-state index is -0.471. The molecule has 0 saturated carbocycles. The second-order valence-electron chi connectivity index (χ2n) is 8.78.